The number of tetrazole rings is 1. The molecule has 0 fully saturated rings. The molecule has 0 bridgehead atoms. The molecule has 143 heavy (non-hydrogen) atoms. The number of phenols is 1. The van der Waals surface area contributed by atoms with E-state index in [4.69, 9.17) is 9.47 Å². The lowest BCUT2D eigenvalue weighted by atomic mass is 9.95. The molecule has 0 saturated carbocycles. The van der Waals surface area contributed by atoms with Gasteiger partial charge in [-0.25, -0.2) is 44.9 Å². The van der Waals surface area contributed by atoms with E-state index in [1.54, 1.807) is 68.8 Å². The average Bonchev–Trinajstić information content (AvgIpc) is 1.18. The molecule has 9 rings (SSSR count). The molecule has 0 aliphatic heterocycles. The summed E-state index contributed by atoms with van der Waals surface area (Å²) in [6, 6.07) is 22.5. The number of hydrogen-bond acceptors (Lipinski definition) is 26. The van der Waals surface area contributed by atoms with Crippen molar-refractivity contribution in [1.82, 2.24) is 123 Å². The van der Waals surface area contributed by atoms with E-state index in [-0.39, 0.29) is 107 Å². The number of aromatic hydroxyl groups is 1. The Balaban J connectivity index is 0.000000805. The van der Waals surface area contributed by atoms with E-state index in [0.29, 0.717) is 95.2 Å². The van der Waals surface area contributed by atoms with Crippen molar-refractivity contribution in [3.05, 3.63) is 213 Å². The highest BCUT2D eigenvalue weighted by Gasteiger charge is 2.27. The maximum absolute atomic E-state index is 11.6. The SMILES string of the molecule is CC(C)(C)C(=O)NCCc1ccc(=O)[nH]c1.CC(C)(C)C(=O)NCCc1ccncn1.CC(C)(C)C(=O)NCCc1cncnc1.CC(C)(C)C(=O)NCCc1nn[nH]n1.COc1ccc(CCNC(=O)C(C)(C)C)cn1.COc1nccc(CCNC(=O)C(C)(C)C)n1.Cc1cc(CCNC(=O)C(C)(C)C)ccc1O.Cc1cc(CCNC(=O)C(C)(C)C)ccn1.Cc1nccc(CCNC(=O)C(C)(C)C)n1. The van der Waals surface area contributed by atoms with Crippen molar-refractivity contribution in [2.45, 2.75) is 265 Å². The van der Waals surface area contributed by atoms with Gasteiger partial charge in [-0.15, -0.1) is 10.2 Å². The zero-order chi connectivity index (χ0) is 109. The van der Waals surface area contributed by atoms with E-state index in [0.717, 1.165) is 101 Å². The highest BCUT2D eigenvalue weighted by Crippen LogP contribution is 2.22. The molecule has 9 amide bonds. The molecule has 8 aromatic heterocycles. The number of aryl methyl sites for hydroxylation is 3. The van der Waals surface area contributed by atoms with Gasteiger partial charge < -0.3 is 67.4 Å². The van der Waals surface area contributed by atoms with Crippen molar-refractivity contribution < 1.29 is 57.7 Å². The largest absolute Gasteiger partial charge is 0.508 e. The molecule has 8 heterocycles. The minimum atomic E-state index is -0.358. The lowest BCUT2D eigenvalue weighted by Crippen LogP contribution is -2.36. The van der Waals surface area contributed by atoms with Gasteiger partial charge in [-0.2, -0.15) is 5.21 Å². The van der Waals surface area contributed by atoms with E-state index in [1.807, 2.05) is 262 Å². The van der Waals surface area contributed by atoms with Gasteiger partial charge in [-0.1, -0.05) is 216 Å². The van der Waals surface area contributed by atoms with Crippen LogP contribution in [0.15, 0.2) is 140 Å². The van der Waals surface area contributed by atoms with E-state index in [9.17, 15) is 53.1 Å². The number of carbonyl (C=O) groups is 9. The second-order valence-corrected chi connectivity index (χ2v) is 42.9. The minimum Gasteiger partial charge on any atom is -0.508 e. The van der Waals surface area contributed by atoms with Crippen LogP contribution in [0.3, 0.4) is 0 Å². The van der Waals surface area contributed by atoms with Crippen molar-refractivity contribution >= 4 is 53.2 Å². The van der Waals surface area contributed by atoms with Gasteiger partial charge in [0.15, 0.2) is 5.82 Å². The van der Waals surface area contributed by atoms with E-state index >= 15 is 0 Å². The third kappa shape index (κ3) is 60.4. The number of aromatic amines is 2. The quantitative estimate of drug-likeness (QED) is 0.0207. The number of rotatable bonds is 29. The Kier molecular flexibility index (Phi) is 56.5. The number of amides is 9. The third-order valence-electron chi connectivity index (χ3n) is 19.7. The van der Waals surface area contributed by atoms with Crippen LogP contribution in [0.2, 0.25) is 0 Å². The lowest BCUT2D eigenvalue weighted by molar-refractivity contribution is -0.129. The number of pyridine rings is 3. The zero-order valence-electron chi connectivity index (χ0n) is 91.1. The summed E-state index contributed by atoms with van der Waals surface area (Å²) in [6.07, 6.45) is 23.5. The Morgan fingerprint density at radius 1 is 0.336 bits per heavy atom. The van der Waals surface area contributed by atoms with Gasteiger partial charge in [-0.05, 0) is 123 Å². The topological polar surface area (TPSA) is 517 Å². The van der Waals surface area contributed by atoms with E-state index in [1.165, 1.54) is 31.4 Å². The standard InChI is InChI=1S/C14H21NO2.C13H20N2O2.C13H20N2O.C12H19N3O2.C12H19N3O.C12H18N2O2.2C11H17N3O.C8H15N5O/c1-10-9-11(5-6-12(10)16)7-8-15-13(17)14(2,3)4;1-13(2,3)12(16)14-8-7-10-5-6-11(17-4)15-9-10;1-10-9-11(5-7-14-10)6-8-15-12(16)13(2,3)4;1-12(2,3)10(16)13-7-5-9-6-8-14-11(15-9)17-4;1-9-13-7-5-10(15-9)6-8-14-11(16)12(2,3)4;1-12(2,3)11(16)13-7-6-9-4-5-10(15)14-8-9;1-11(2,3)10(15)13-7-5-9-4-6-12-8-14-9;1-11(2,3)10(15)14-5-4-9-6-12-8-13-7-9;1-8(2,3)7(14)9-5-4-6-10-12-13-11-6/h5-6,9,16H,7-8H2,1-4H3,(H,15,17);5-6,9H,7-8H2,1-4H3,(H,14,16);5,7,9H,6,8H2,1-4H3,(H,15,16);6,8H,5,7H2,1-4H3,(H,13,16);5,7H,6,8H2,1-4H3,(H,14,16);4-5,8H,6-7H2,1-3H3,(H,13,16)(H,14,15);4,6,8H,5,7H2,1-3H3,(H,13,15);6-8H,4-5H2,1-3H3,(H,14,15);4-5H2,1-3H3,(H,9,14)(H,10,11,12,13). The number of hydrogen-bond donors (Lipinski definition) is 12. The third-order valence-corrected chi connectivity index (χ3v) is 19.7. The fourth-order valence-electron chi connectivity index (χ4n) is 10.6. The maximum atomic E-state index is 11.6. The molecule has 0 saturated heterocycles. The number of phenolic OH excluding ortho intramolecular Hbond substituents is 1. The predicted molar refractivity (Wildman–Crippen MR) is 559 cm³/mol. The average molecular weight is 1980 g/mol. The Bertz CT molecular complexity index is 5150. The molecule has 1 aromatic carbocycles. The van der Waals surface area contributed by atoms with E-state index < -0.39 is 0 Å². The summed E-state index contributed by atoms with van der Waals surface area (Å²) >= 11 is 0. The van der Waals surface area contributed by atoms with Crippen LogP contribution in [0.25, 0.3) is 0 Å². The smallest absolute Gasteiger partial charge is 0.316 e. The molecule has 12 N–H and O–H groups in total. The molecule has 9 aromatic rings. The second-order valence-electron chi connectivity index (χ2n) is 42.9. The lowest BCUT2D eigenvalue weighted by Gasteiger charge is -2.17. The van der Waals surface area contributed by atoms with Crippen LogP contribution < -0.4 is 62.9 Å². The number of aromatic nitrogens is 15. The van der Waals surface area contributed by atoms with Crippen molar-refractivity contribution in [2.75, 3.05) is 73.1 Å². The van der Waals surface area contributed by atoms with Crippen molar-refractivity contribution in [3.8, 4) is 17.6 Å². The van der Waals surface area contributed by atoms with Crippen LogP contribution in [0.4, 0.5) is 0 Å². The Morgan fingerprint density at radius 3 is 1.06 bits per heavy atom. The maximum Gasteiger partial charge on any atom is 0.316 e. The van der Waals surface area contributed by atoms with Crippen LogP contribution >= 0.6 is 0 Å². The zero-order valence-corrected chi connectivity index (χ0v) is 91.1. The van der Waals surface area contributed by atoms with Crippen LogP contribution in [0.1, 0.15) is 255 Å². The highest BCUT2D eigenvalue weighted by atomic mass is 16.5. The molecule has 788 valence electrons. The fourth-order valence-corrected chi connectivity index (χ4v) is 10.6. The van der Waals surface area contributed by atoms with Gasteiger partial charge in [0.1, 0.15) is 24.2 Å². The summed E-state index contributed by atoms with van der Waals surface area (Å²) < 4.78 is 9.90. The number of carbonyl (C=O) groups excluding carboxylic acids is 9. The molecule has 0 unspecified atom stereocenters. The first-order chi connectivity index (χ1) is 66.3. The first-order valence-corrected chi connectivity index (χ1v) is 48.1. The molecule has 0 aliphatic rings. The molecule has 0 aliphatic carbocycles. The second kappa shape index (κ2) is 63.4. The molecule has 37 heteroatoms. The number of ether oxygens (including phenoxy) is 2. The van der Waals surface area contributed by atoms with Crippen molar-refractivity contribution in [3.63, 3.8) is 0 Å². The highest BCUT2D eigenvalue weighted by molar-refractivity contribution is 5.85. The normalized spacial score (nSPS) is 11.2. The summed E-state index contributed by atoms with van der Waals surface area (Å²) in [5, 5.41) is 48.6. The monoisotopic (exact) mass is 1980 g/mol. The van der Waals surface area contributed by atoms with Gasteiger partial charge in [-0.3, -0.25) is 52.9 Å². The molecule has 0 spiro atoms. The molecule has 0 atom stereocenters. The summed E-state index contributed by atoms with van der Waals surface area (Å²) in [5.74, 6) is 2.83. The van der Waals surface area contributed by atoms with Crippen LogP contribution in [0, 0.1) is 69.5 Å². The van der Waals surface area contributed by atoms with Crippen molar-refractivity contribution in [2.24, 2.45) is 48.7 Å². The number of nitrogens with one attached hydrogen (secondary N) is 11. The molecular formula is C106H166N24O13. The Hall–Kier alpha value is -13.5. The van der Waals surface area contributed by atoms with Gasteiger partial charge in [0.2, 0.25) is 64.6 Å². The Labute approximate surface area is 848 Å². The van der Waals surface area contributed by atoms with Crippen LogP contribution in [0.5, 0.6) is 17.6 Å². The van der Waals surface area contributed by atoms with Gasteiger partial charge in [0.25, 0.3) is 0 Å². The first kappa shape index (κ1) is 127. The van der Waals surface area contributed by atoms with Crippen LogP contribution in [-0.2, 0) is 101 Å². The van der Waals surface area contributed by atoms with Gasteiger partial charge >= 0.3 is 6.01 Å². The summed E-state index contributed by atoms with van der Waals surface area (Å²) in [6.45, 7) is 62.3. The van der Waals surface area contributed by atoms with Crippen LogP contribution in [-0.4, -0.2) is 207 Å². The minimum absolute atomic E-state index is 0.0287. The molecule has 37 nitrogen and oxygen atoms in total. The first-order valence-electron chi connectivity index (χ1n) is 48.1. The number of nitrogens with zero attached hydrogens (tertiary/aromatic N) is 13. The summed E-state index contributed by atoms with van der Waals surface area (Å²) in [4.78, 5) is 158. The number of methoxy groups -OCH3 is 2. The van der Waals surface area contributed by atoms with E-state index in [2.05, 4.69) is 123 Å². The fraction of sp³-hybridized carbons (Fsp3) is 0.557. The van der Waals surface area contributed by atoms with Crippen molar-refractivity contribution in [1.29, 1.82) is 0 Å². The summed E-state index contributed by atoms with van der Waals surface area (Å²) in [7, 11) is 3.12. The van der Waals surface area contributed by atoms with Gasteiger partial charge in [0, 0.05) is 218 Å². The molecule has 0 radical (unpaired) electrons. The predicted octanol–water partition coefficient (Wildman–Crippen LogP) is 12.3. The molecular weight excluding hydrogens is 1820 g/mol. The summed E-state index contributed by atoms with van der Waals surface area (Å²) in [5.41, 5.74) is 6.94. The number of benzene rings is 1. The van der Waals surface area contributed by atoms with Gasteiger partial charge in [0.05, 0.1) is 14.2 Å². The Morgan fingerprint density at radius 2 is 0.699 bits per heavy atom. The number of H-pyrrole nitrogens is 2.